The Kier molecular flexibility index (Phi) is 8.81. The predicted octanol–water partition coefficient (Wildman–Crippen LogP) is 3.87. The monoisotopic (exact) mass is 434 g/mol. The molecule has 0 unspecified atom stereocenters. The van der Waals surface area contributed by atoms with E-state index in [1.165, 1.54) is 0 Å². The Morgan fingerprint density at radius 3 is 2.07 bits per heavy atom. The maximum absolute atomic E-state index is 13.3. The van der Waals surface area contributed by atoms with Crippen LogP contribution in [0.1, 0.15) is 42.6 Å². The molecule has 2 N–H and O–H groups in total. The number of carbonyl (C=O) groups excluding carboxylic acids is 1. The molecule has 0 saturated carbocycles. The first-order valence-corrected chi connectivity index (χ1v) is 10.2. The smallest absolute Gasteiger partial charge is 0.254 e. The van der Waals surface area contributed by atoms with Crippen LogP contribution in [0, 0.1) is 0 Å². The molecule has 1 aliphatic rings. The Hall–Kier alpha value is -2.44. The Bertz CT molecular complexity index is 804. The molecule has 164 valence electrons. The van der Waals surface area contributed by atoms with Gasteiger partial charge in [0.05, 0.1) is 19.8 Å². The molecule has 2 aromatic carbocycles. The van der Waals surface area contributed by atoms with Crippen LogP contribution in [-0.4, -0.2) is 49.8 Å². The van der Waals surface area contributed by atoms with Crippen molar-refractivity contribution in [3.8, 4) is 17.2 Å². The summed E-state index contributed by atoms with van der Waals surface area (Å²) in [6.45, 7) is 8.21. The molecule has 0 radical (unpaired) electrons. The van der Waals surface area contributed by atoms with Gasteiger partial charge in [-0.05, 0) is 38.5 Å². The molecular weight excluding hydrogens is 404 g/mol. The van der Waals surface area contributed by atoms with Crippen molar-refractivity contribution < 1.29 is 19.0 Å². The van der Waals surface area contributed by atoms with Gasteiger partial charge in [-0.1, -0.05) is 30.3 Å². The Morgan fingerprint density at radius 1 is 0.967 bits per heavy atom. The number of ether oxygens (including phenoxy) is 3. The second-order valence-corrected chi connectivity index (χ2v) is 6.99. The summed E-state index contributed by atoms with van der Waals surface area (Å²) in [5.74, 6) is 1.62. The zero-order valence-electron chi connectivity index (χ0n) is 17.8. The molecule has 0 bridgehead atoms. The van der Waals surface area contributed by atoms with E-state index in [2.05, 4.69) is 12.1 Å². The lowest BCUT2D eigenvalue weighted by molar-refractivity contribution is 0.0788. The molecule has 0 aliphatic carbocycles. The van der Waals surface area contributed by atoms with E-state index in [-0.39, 0.29) is 30.3 Å². The van der Waals surface area contributed by atoms with Crippen LogP contribution in [0.3, 0.4) is 0 Å². The van der Waals surface area contributed by atoms with Gasteiger partial charge in [-0.3, -0.25) is 4.79 Å². The summed E-state index contributed by atoms with van der Waals surface area (Å²) in [4.78, 5) is 15.1. The number of benzene rings is 2. The fourth-order valence-corrected chi connectivity index (χ4v) is 3.74. The molecule has 1 saturated heterocycles. The quantitative estimate of drug-likeness (QED) is 0.682. The van der Waals surface area contributed by atoms with Gasteiger partial charge in [0.2, 0.25) is 5.75 Å². The Balaban J connectivity index is 0.00000320. The Morgan fingerprint density at radius 2 is 1.53 bits per heavy atom. The molecule has 1 heterocycles. The van der Waals surface area contributed by atoms with Crippen molar-refractivity contribution >= 4 is 18.3 Å². The highest BCUT2D eigenvalue weighted by atomic mass is 35.5. The summed E-state index contributed by atoms with van der Waals surface area (Å²) in [5, 5.41) is 0. The third-order valence-electron chi connectivity index (χ3n) is 5.04. The first-order chi connectivity index (χ1) is 14.1. The van der Waals surface area contributed by atoms with Crippen molar-refractivity contribution in [1.29, 1.82) is 0 Å². The fraction of sp³-hybridized carbons (Fsp3) is 0.435. The molecule has 0 spiro atoms. The van der Waals surface area contributed by atoms with Crippen molar-refractivity contribution in [2.24, 2.45) is 5.73 Å². The van der Waals surface area contributed by atoms with Crippen LogP contribution in [0.4, 0.5) is 0 Å². The van der Waals surface area contributed by atoms with Crippen molar-refractivity contribution in [2.45, 2.75) is 32.7 Å². The lowest BCUT2D eigenvalue weighted by Crippen LogP contribution is -2.32. The van der Waals surface area contributed by atoms with Gasteiger partial charge in [-0.15, -0.1) is 12.4 Å². The molecule has 1 fully saturated rings. The number of amides is 1. The summed E-state index contributed by atoms with van der Waals surface area (Å²) in [7, 11) is 0. The maximum atomic E-state index is 13.3. The highest BCUT2D eigenvalue weighted by Gasteiger charge is 2.34. The average molecular weight is 435 g/mol. The number of hydrogen-bond donors (Lipinski definition) is 1. The first-order valence-electron chi connectivity index (χ1n) is 10.2. The summed E-state index contributed by atoms with van der Waals surface area (Å²) in [5.41, 5.74) is 8.05. The van der Waals surface area contributed by atoms with Crippen molar-refractivity contribution in [1.82, 2.24) is 4.90 Å². The highest BCUT2D eigenvalue weighted by molar-refractivity contribution is 5.96. The first kappa shape index (κ1) is 23.8. The normalized spacial score (nSPS) is 17.9. The minimum atomic E-state index is -0.0956. The van der Waals surface area contributed by atoms with Gasteiger partial charge in [0.1, 0.15) is 0 Å². The topological polar surface area (TPSA) is 74.0 Å². The van der Waals surface area contributed by atoms with Gasteiger partial charge >= 0.3 is 0 Å². The van der Waals surface area contributed by atoms with Crippen molar-refractivity contribution in [2.75, 3.05) is 32.9 Å². The van der Waals surface area contributed by atoms with E-state index in [9.17, 15) is 4.79 Å². The van der Waals surface area contributed by atoms with Crippen LogP contribution >= 0.6 is 12.4 Å². The number of likely N-dealkylation sites (tertiary alicyclic amines) is 1. The molecule has 7 heteroatoms. The van der Waals surface area contributed by atoms with Crippen LogP contribution < -0.4 is 19.9 Å². The summed E-state index contributed by atoms with van der Waals surface area (Å²) in [6, 6.07) is 13.5. The highest BCUT2D eigenvalue weighted by Crippen LogP contribution is 2.40. The number of hydrogen-bond acceptors (Lipinski definition) is 5. The van der Waals surface area contributed by atoms with E-state index in [1.54, 1.807) is 12.1 Å². The van der Waals surface area contributed by atoms with Gasteiger partial charge in [-0.2, -0.15) is 0 Å². The largest absolute Gasteiger partial charge is 0.490 e. The molecule has 0 aromatic heterocycles. The maximum Gasteiger partial charge on any atom is 0.254 e. The van der Waals surface area contributed by atoms with Gasteiger partial charge in [0.15, 0.2) is 11.5 Å². The number of carbonyl (C=O) groups is 1. The molecule has 6 nitrogen and oxygen atoms in total. The number of nitrogens with zero attached hydrogens (tertiary/aromatic N) is 1. The third kappa shape index (κ3) is 5.18. The molecule has 1 aliphatic heterocycles. The summed E-state index contributed by atoms with van der Waals surface area (Å²) in [6.07, 6.45) is 0. The van der Waals surface area contributed by atoms with E-state index in [0.29, 0.717) is 55.7 Å². The van der Waals surface area contributed by atoms with E-state index >= 15 is 0 Å². The zero-order chi connectivity index (χ0) is 20.8. The molecule has 1 amide bonds. The zero-order valence-corrected chi connectivity index (χ0v) is 18.6. The molecular formula is C23H31ClN2O4. The molecule has 2 atom stereocenters. The lowest BCUT2D eigenvalue weighted by Gasteiger charge is -2.20. The van der Waals surface area contributed by atoms with Crippen LogP contribution in [0.5, 0.6) is 17.2 Å². The van der Waals surface area contributed by atoms with E-state index in [1.807, 2.05) is 43.9 Å². The molecule has 3 rings (SSSR count). The Labute approximate surface area is 184 Å². The van der Waals surface area contributed by atoms with E-state index in [4.69, 9.17) is 19.9 Å². The molecule has 30 heavy (non-hydrogen) atoms. The second kappa shape index (κ2) is 11.1. The minimum absolute atomic E-state index is 0. The van der Waals surface area contributed by atoms with Crippen LogP contribution in [0.25, 0.3) is 0 Å². The number of rotatable bonds is 8. The van der Waals surface area contributed by atoms with Gasteiger partial charge < -0.3 is 24.8 Å². The fourth-order valence-electron chi connectivity index (χ4n) is 3.74. The van der Waals surface area contributed by atoms with Crippen molar-refractivity contribution in [3.63, 3.8) is 0 Å². The third-order valence-corrected chi connectivity index (χ3v) is 5.04. The van der Waals surface area contributed by atoms with E-state index < -0.39 is 0 Å². The van der Waals surface area contributed by atoms with Crippen LogP contribution in [0.15, 0.2) is 42.5 Å². The summed E-state index contributed by atoms with van der Waals surface area (Å²) >= 11 is 0. The van der Waals surface area contributed by atoms with E-state index in [0.717, 1.165) is 5.56 Å². The lowest BCUT2D eigenvalue weighted by atomic mass is 9.95. The predicted molar refractivity (Wildman–Crippen MR) is 120 cm³/mol. The number of nitrogens with two attached hydrogens (primary N) is 1. The second-order valence-electron chi connectivity index (χ2n) is 6.99. The molecule has 2 aromatic rings. The van der Waals surface area contributed by atoms with Gasteiger partial charge in [0, 0.05) is 30.6 Å². The summed E-state index contributed by atoms with van der Waals surface area (Å²) < 4.78 is 17.2. The van der Waals surface area contributed by atoms with Crippen LogP contribution in [0.2, 0.25) is 0 Å². The van der Waals surface area contributed by atoms with Gasteiger partial charge in [-0.25, -0.2) is 0 Å². The average Bonchev–Trinajstić information content (AvgIpc) is 3.12. The SMILES string of the molecule is CCOc1cc(C(=O)N2C[C@@H](N)[C@H](c3ccccc3)C2)cc(OCC)c1OCC.Cl. The standard InChI is InChI=1S/C23H30N2O4.ClH/c1-4-27-20-12-17(13-21(28-5-2)22(20)29-6-3)23(26)25-14-18(19(24)15-25)16-10-8-7-9-11-16;/h7-13,18-19H,4-6,14-15,24H2,1-3H3;1H/t18-,19+;/m0./s1. The minimum Gasteiger partial charge on any atom is -0.490 e. The van der Waals surface area contributed by atoms with Crippen molar-refractivity contribution in [3.05, 3.63) is 53.6 Å². The number of halogens is 1. The van der Waals surface area contributed by atoms with Gasteiger partial charge in [0.25, 0.3) is 5.91 Å². The van der Waals surface area contributed by atoms with Crippen LogP contribution in [-0.2, 0) is 0 Å².